The van der Waals surface area contributed by atoms with Gasteiger partial charge < -0.3 is 5.73 Å². The summed E-state index contributed by atoms with van der Waals surface area (Å²) >= 11 is 0. The summed E-state index contributed by atoms with van der Waals surface area (Å²) < 4.78 is 0. The molecule has 0 atom stereocenters. The quantitative estimate of drug-likeness (QED) is 0.591. The second kappa shape index (κ2) is 3.69. The van der Waals surface area contributed by atoms with Gasteiger partial charge >= 0.3 is 0 Å². The number of nitrogens with two attached hydrogens (primary N) is 1. The smallest absolute Gasteiger partial charge is 0.252 e. The molecule has 0 unspecified atom stereocenters. The molecule has 0 aliphatic carbocycles. The molecule has 0 spiro atoms. The fourth-order valence-corrected chi connectivity index (χ4v) is 0.596. The number of carbonyl (C=O) groups excluding carboxylic acids is 1. The molecule has 1 amide bonds. The van der Waals surface area contributed by atoms with Gasteiger partial charge in [-0.15, -0.1) is 0 Å². The van der Waals surface area contributed by atoms with E-state index in [1.165, 1.54) is 12.2 Å². The average molecular weight is 160 g/mol. The molecule has 0 aromatic rings. The second-order valence-electron chi connectivity index (χ2n) is 3.07. The molecular weight excluding hydrogens is 144 g/mol. The Labute approximate surface area is 67.3 Å². The normalized spacial score (nSPS) is 11.4. The number of amides is 1. The lowest BCUT2D eigenvalue weighted by Gasteiger charge is -2.25. The Hall–Kier alpha value is -0.610. The first-order valence-corrected chi connectivity index (χ1v) is 3.48. The van der Waals surface area contributed by atoms with Crippen molar-refractivity contribution in [2.24, 2.45) is 11.1 Å². The maximum atomic E-state index is 11.3. The van der Waals surface area contributed by atoms with Gasteiger partial charge in [0, 0.05) is 13.6 Å². The van der Waals surface area contributed by atoms with E-state index in [4.69, 9.17) is 10.6 Å². The Morgan fingerprint density at radius 3 is 2.36 bits per heavy atom. The van der Waals surface area contributed by atoms with Crippen LogP contribution in [-0.4, -0.2) is 31.7 Å². The number of hydrogen-bond acceptors (Lipinski definition) is 3. The minimum atomic E-state index is -0.537. The van der Waals surface area contributed by atoms with E-state index in [2.05, 4.69) is 0 Å². The summed E-state index contributed by atoms with van der Waals surface area (Å²) in [6.45, 7) is 3.88. The minimum Gasteiger partial charge on any atom is -0.329 e. The molecule has 4 heteroatoms. The van der Waals surface area contributed by atoms with Crippen molar-refractivity contribution >= 4 is 5.91 Å². The van der Waals surface area contributed by atoms with Crippen molar-refractivity contribution in [3.05, 3.63) is 0 Å². The Bertz CT molecular complexity index is 145. The highest BCUT2D eigenvalue weighted by molar-refractivity contribution is 5.80. The highest BCUT2D eigenvalue weighted by Gasteiger charge is 2.28. The van der Waals surface area contributed by atoms with E-state index in [1.807, 2.05) is 0 Å². The van der Waals surface area contributed by atoms with Crippen LogP contribution in [0.5, 0.6) is 0 Å². The van der Waals surface area contributed by atoms with Crippen molar-refractivity contribution < 1.29 is 9.63 Å². The van der Waals surface area contributed by atoms with Gasteiger partial charge in [-0.1, -0.05) is 0 Å². The van der Waals surface area contributed by atoms with Gasteiger partial charge in [-0.2, -0.15) is 0 Å². The van der Waals surface area contributed by atoms with Crippen molar-refractivity contribution in [1.82, 2.24) is 5.06 Å². The molecule has 0 radical (unpaired) electrons. The minimum absolute atomic E-state index is 0.109. The zero-order valence-corrected chi connectivity index (χ0v) is 7.55. The Balaban J connectivity index is 4.23. The van der Waals surface area contributed by atoms with Crippen LogP contribution in [0.4, 0.5) is 0 Å². The first kappa shape index (κ1) is 10.4. The van der Waals surface area contributed by atoms with Crippen molar-refractivity contribution in [3.8, 4) is 0 Å². The fraction of sp³-hybridized carbons (Fsp3) is 0.857. The molecule has 11 heavy (non-hydrogen) atoms. The third-order valence-corrected chi connectivity index (χ3v) is 1.65. The molecule has 0 aliphatic heterocycles. The van der Waals surface area contributed by atoms with Gasteiger partial charge in [0.05, 0.1) is 12.5 Å². The standard InChI is InChI=1S/C7H16N2O2/c1-7(2,5-8)6(10)9(3)11-4/h5,8H2,1-4H3. The van der Waals surface area contributed by atoms with Gasteiger partial charge in [0.1, 0.15) is 0 Å². The molecule has 66 valence electrons. The van der Waals surface area contributed by atoms with Crippen LogP contribution in [0.3, 0.4) is 0 Å². The topological polar surface area (TPSA) is 55.6 Å². The van der Waals surface area contributed by atoms with Gasteiger partial charge in [0.15, 0.2) is 0 Å². The summed E-state index contributed by atoms with van der Waals surface area (Å²) in [5.74, 6) is -0.109. The van der Waals surface area contributed by atoms with E-state index in [-0.39, 0.29) is 5.91 Å². The first-order valence-electron chi connectivity index (χ1n) is 3.48. The van der Waals surface area contributed by atoms with Gasteiger partial charge in [0.2, 0.25) is 0 Å². The molecule has 0 aliphatic rings. The lowest BCUT2D eigenvalue weighted by Crippen LogP contribution is -2.42. The largest absolute Gasteiger partial charge is 0.329 e. The van der Waals surface area contributed by atoms with Crippen molar-refractivity contribution in [3.63, 3.8) is 0 Å². The molecule has 0 saturated heterocycles. The molecule has 0 aromatic heterocycles. The van der Waals surface area contributed by atoms with Crippen LogP contribution >= 0.6 is 0 Å². The summed E-state index contributed by atoms with van der Waals surface area (Å²) in [6, 6.07) is 0. The SMILES string of the molecule is CON(C)C(=O)C(C)(C)CN. The average Bonchev–Trinajstić information content (AvgIpc) is 2.01. The van der Waals surface area contributed by atoms with E-state index in [1.54, 1.807) is 20.9 Å². The molecule has 4 nitrogen and oxygen atoms in total. The highest BCUT2D eigenvalue weighted by atomic mass is 16.7. The predicted octanol–water partition coefficient (Wildman–Crippen LogP) is -0.00890. The monoisotopic (exact) mass is 160 g/mol. The zero-order chi connectivity index (χ0) is 9.07. The molecule has 0 aromatic carbocycles. The van der Waals surface area contributed by atoms with Gasteiger partial charge in [-0.25, -0.2) is 5.06 Å². The van der Waals surface area contributed by atoms with E-state index >= 15 is 0 Å². The zero-order valence-electron chi connectivity index (χ0n) is 7.55. The van der Waals surface area contributed by atoms with Crippen LogP contribution < -0.4 is 5.73 Å². The molecule has 0 rings (SSSR count). The Kier molecular flexibility index (Phi) is 3.48. The van der Waals surface area contributed by atoms with Crippen molar-refractivity contribution in [1.29, 1.82) is 0 Å². The summed E-state index contributed by atoms with van der Waals surface area (Å²) in [4.78, 5) is 16.1. The second-order valence-corrected chi connectivity index (χ2v) is 3.07. The maximum absolute atomic E-state index is 11.3. The Morgan fingerprint density at radius 2 is 2.09 bits per heavy atom. The lowest BCUT2D eigenvalue weighted by atomic mass is 9.93. The predicted molar refractivity (Wildman–Crippen MR) is 42.6 cm³/mol. The van der Waals surface area contributed by atoms with Crippen LogP contribution in [0.1, 0.15) is 13.8 Å². The summed E-state index contributed by atoms with van der Waals surface area (Å²) in [5.41, 5.74) is 4.86. The summed E-state index contributed by atoms with van der Waals surface area (Å²) in [7, 11) is 3.02. The van der Waals surface area contributed by atoms with Crippen LogP contribution in [0.2, 0.25) is 0 Å². The summed E-state index contributed by atoms with van der Waals surface area (Å²) in [5, 5.41) is 1.19. The number of hydrogen-bond donors (Lipinski definition) is 1. The van der Waals surface area contributed by atoms with Gasteiger partial charge in [-0.05, 0) is 13.8 Å². The maximum Gasteiger partial charge on any atom is 0.252 e. The van der Waals surface area contributed by atoms with Gasteiger partial charge in [0.25, 0.3) is 5.91 Å². The third kappa shape index (κ3) is 2.48. The van der Waals surface area contributed by atoms with Crippen LogP contribution in [0, 0.1) is 5.41 Å². The van der Waals surface area contributed by atoms with Crippen LogP contribution in [-0.2, 0) is 9.63 Å². The van der Waals surface area contributed by atoms with Crippen LogP contribution in [0.15, 0.2) is 0 Å². The first-order chi connectivity index (χ1) is 4.95. The van der Waals surface area contributed by atoms with E-state index in [0.717, 1.165) is 0 Å². The molecule has 0 heterocycles. The molecular formula is C7H16N2O2. The van der Waals surface area contributed by atoms with Gasteiger partial charge in [-0.3, -0.25) is 9.63 Å². The molecule has 0 saturated carbocycles. The molecule has 0 bridgehead atoms. The van der Waals surface area contributed by atoms with E-state index in [0.29, 0.717) is 6.54 Å². The third-order valence-electron chi connectivity index (χ3n) is 1.65. The molecule has 0 fully saturated rings. The lowest BCUT2D eigenvalue weighted by molar-refractivity contribution is -0.178. The molecule has 2 N–H and O–H groups in total. The van der Waals surface area contributed by atoms with Crippen molar-refractivity contribution in [2.75, 3.05) is 20.7 Å². The number of hydroxylamine groups is 2. The number of nitrogens with zero attached hydrogens (tertiary/aromatic N) is 1. The number of carbonyl (C=O) groups is 1. The van der Waals surface area contributed by atoms with E-state index < -0.39 is 5.41 Å². The highest BCUT2D eigenvalue weighted by Crippen LogP contribution is 2.15. The van der Waals surface area contributed by atoms with Crippen molar-refractivity contribution in [2.45, 2.75) is 13.8 Å². The van der Waals surface area contributed by atoms with E-state index in [9.17, 15) is 4.79 Å². The summed E-state index contributed by atoms with van der Waals surface area (Å²) in [6.07, 6.45) is 0. The number of rotatable bonds is 3. The van der Waals surface area contributed by atoms with Crippen LogP contribution in [0.25, 0.3) is 0 Å². The Morgan fingerprint density at radius 1 is 1.64 bits per heavy atom. The fourth-order valence-electron chi connectivity index (χ4n) is 0.596.